The lowest BCUT2D eigenvalue weighted by Gasteiger charge is -2.18. The third-order valence-electron chi connectivity index (χ3n) is 3.31. The highest BCUT2D eigenvalue weighted by Crippen LogP contribution is 2.22. The Hall–Kier alpha value is -1.27. The quantitative estimate of drug-likeness (QED) is 0.565. The van der Waals surface area contributed by atoms with E-state index in [-0.39, 0.29) is 4.90 Å². The van der Waals surface area contributed by atoms with Gasteiger partial charge in [-0.1, -0.05) is 13.8 Å². The summed E-state index contributed by atoms with van der Waals surface area (Å²) in [4.78, 5) is 2.61. The molecule has 114 valence electrons. The molecule has 0 aliphatic carbocycles. The first-order valence-electron chi connectivity index (χ1n) is 6.94. The Balaban J connectivity index is 2.53. The average molecular weight is 299 g/mol. The van der Waals surface area contributed by atoms with Crippen LogP contribution in [0.4, 0.5) is 11.4 Å². The molecule has 3 N–H and O–H groups in total. The minimum atomic E-state index is -3.20. The van der Waals surface area contributed by atoms with Crippen LogP contribution >= 0.6 is 0 Å². The molecule has 0 aliphatic rings. The van der Waals surface area contributed by atoms with Crippen LogP contribution in [0.15, 0.2) is 23.1 Å². The lowest BCUT2D eigenvalue weighted by Crippen LogP contribution is -2.25. The molecule has 0 amide bonds. The molecule has 5 nitrogen and oxygen atoms in total. The summed E-state index contributed by atoms with van der Waals surface area (Å²) in [7, 11) is -3.20. The molecule has 0 heterocycles. The van der Waals surface area contributed by atoms with E-state index in [4.69, 9.17) is 5.73 Å². The summed E-state index contributed by atoms with van der Waals surface area (Å²) in [6.07, 6.45) is 2.20. The molecule has 0 spiro atoms. The molecule has 0 saturated carbocycles. The van der Waals surface area contributed by atoms with Gasteiger partial charge in [-0.25, -0.2) is 8.42 Å². The van der Waals surface area contributed by atoms with Gasteiger partial charge < -0.3 is 16.0 Å². The molecule has 0 aromatic heterocycles. The van der Waals surface area contributed by atoms with Crippen LogP contribution < -0.4 is 11.1 Å². The van der Waals surface area contributed by atoms with Gasteiger partial charge in [-0.15, -0.1) is 0 Å². The van der Waals surface area contributed by atoms with Crippen LogP contribution in [0.5, 0.6) is 0 Å². The van der Waals surface area contributed by atoms with Crippen molar-refractivity contribution in [3.05, 3.63) is 18.2 Å². The highest BCUT2D eigenvalue weighted by atomic mass is 32.2. The van der Waals surface area contributed by atoms with Crippen LogP contribution in [0.3, 0.4) is 0 Å². The number of sulfone groups is 1. The van der Waals surface area contributed by atoms with Crippen molar-refractivity contribution in [1.29, 1.82) is 0 Å². The Kier molecular flexibility index (Phi) is 6.29. The second-order valence-electron chi connectivity index (χ2n) is 4.83. The van der Waals surface area contributed by atoms with Gasteiger partial charge in [0.25, 0.3) is 0 Å². The molecule has 0 fully saturated rings. The fourth-order valence-electron chi connectivity index (χ4n) is 2.00. The molecule has 0 aliphatic heterocycles. The molecule has 1 aromatic rings. The summed E-state index contributed by atoms with van der Waals surface area (Å²) in [5.41, 5.74) is 7.13. The third kappa shape index (κ3) is 5.02. The van der Waals surface area contributed by atoms with Crippen molar-refractivity contribution in [1.82, 2.24) is 4.90 Å². The zero-order valence-electron chi connectivity index (χ0n) is 12.5. The lowest BCUT2D eigenvalue weighted by molar-refractivity contribution is 0.303. The number of benzene rings is 1. The van der Waals surface area contributed by atoms with E-state index in [0.717, 1.165) is 38.3 Å². The minimum absolute atomic E-state index is 0.253. The fourth-order valence-corrected chi connectivity index (χ4v) is 2.65. The summed E-state index contributed by atoms with van der Waals surface area (Å²) in [5, 5.41) is 3.25. The van der Waals surface area contributed by atoms with Crippen molar-refractivity contribution in [2.24, 2.45) is 0 Å². The van der Waals surface area contributed by atoms with Gasteiger partial charge in [0, 0.05) is 12.8 Å². The summed E-state index contributed by atoms with van der Waals surface area (Å²) in [6, 6.07) is 4.81. The van der Waals surface area contributed by atoms with E-state index < -0.39 is 9.84 Å². The van der Waals surface area contributed by atoms with Crippen LogP contribution in [-0.2, 0) is 9.84 Å². The molecule has 0 radical (unpaired) electrons. The molecule has 1 aromatic carbocycles. The van der Waals surface area contributed by atoms with E-state index >= 15 is 0 Å². The standard InChI is InChI=1S/C14H25N3O2S/c1-4-17(5-2)10-6-9-16-14-8-7-12(11-13(14)15)20(3,18)19/h7-8,11,16H,4-6,9-10,15H2,1-3H3. The van der Waals surface area contributed by atoms with Crippen LogP contribution in [0.2, 0.25) is 0 Å². The SMILES string of the molecule is CCN(CC)CCCNc1ccc(S(C)(=O)=O)cc1N. The average Bonchev–Trinajstić information content (AvgIpc) is 2.39. The Morgan fingerprint density at radius 3 is 2.40 bits per heavy atom. The predicted molar refractivity (Wildman–Crippen MR) is 84.9 cm³/mol. The van der Waals surface area contributed by atoms with Crippen LogP contribution in [0.25, 0.3) is 0 Å². The number of nitrogens with zero attached hydrogens (tertiary/aromatic N) is 1. The van der Waals surface area contributed by atoms with Crippen molar-refractivity contribution in [2.75, 3.05) is 43.5 Å². The Morgan fingerprint density at radius 2 is 1.90 bits per heavy atom. The normalized spacial score (nSPS) is 11.8. The summed E-state index contributed by atoms with van der Waals surface area (Å²) in [6.45, 7) is 8.28. The fraction of sp³-hybridized carbons (Fsp3) is 0.571. The molecule has 0 saturated heterocycles. The van der Waals surface area contributed by atoms with E-state index in [9.17, 15) is 8.42 Å². The Morgan fingerprint density at radius 1 is 1.25 bits per heavy atom. The molecule has 0 unspecified atom stereocenters. The maximum atomic E-state index is 11.4. The van der Waals surface area contributed by atoms with Gasteiger partial charge >= 0.3 is 0 Å². The van der Waals surface area contributed by atoms with Gasteiger partial charge in [0.2, 0.25) is 0 Å². The largest absolute Gasteiger partial charge is 0.397 e. The molecule has 0 atom stereocenters. The van der Waals surface area contributed by atoms with E-state index in [2.05, 4.69) is 24.1 Å². The first-order valence-corrected chi connectivity index (χ1v) is 8.83. The number of anilines is 2. The third-order valence-corrected chi connectivity index (χ3v) is 4.42. The predicted octanol–water partition coefficient (Wildman–Crippen LogP) is 1.82. The van der Waals surface area contributed by atoms with Gasteiger partial charge in [-0.05, 0) is 44.3 Å². The molecule has 1 rings (SSSR count). The second-order valence-corrected chi connectivity index (χ2v) is 6.84. The zero-order valence-corrected chi connectivity index (χ0v) is 13.3. The smallest absolute Gasteiger partial charge is 0.175 e. The topological polar surface area (TPSA) is 75.4 Å². The van der Waals surface area contributed by atoms with Gasteiger partial charge in [-0.3, -0.25) is 0 Å². The number of nitrogens with one attached hydrogen (secondary N) is 1. The highest BCUT2D eigenvalue weighted by Gasteiger charge is 2.09. The number of hydrogen-bond donors (Lipinski definition) is 2. The number of rotatable bonds is 8. The molecular weight excluding hydrogens is 274 g/mol. The van der Waals surface area contributed by atoms with Crippen molar-refractivity contribution in [3.8, 4) is 0 Å². The van der Waals surface area contributed by atoms with Crippen molar-refractivity contribution < 1.29 is 8.42 Å². The van der Waals surface area contributed by atoms with Gasteiger partial charge in [-0.2, -0.15) is 0 Å². The number of nitrogens with two attached hydrogens (primary N) is 1. The van der Waals surface area contributed by atoms with E-state index in [1.165, 1.54) is 12.3 Å². The molecule has 0 bridgehead atoms. The van der Waals surface area contributed by atoms with E-state index in [1.807, 2.05) is 0 Å². The Bertz CT molecular complexity index is 525. The van der Waals surface area contributed by atoms with Crippen LogP contribution in [0.1, 0.15) is 20.3 Å². The summed E-state index contributed by atoms with van der Waals surface area (Å²) >= 11 is 0. The number of hydrogen-bond acceptors (Lipinski definition) is 5. The van der Waals surface area contributed by atoms with Crippen LogP contribution in [0, 0.1) is 0 Å². The molecule has 6 heteroatoms. The highest BCUT2D eigenvalue weighted by molar-refractivity contribution is 7.90. The minimum Gasteiger partial charge on any atom is -0.397 e. The maximum absolute atomic E-state index is 11.4. The van der Waals surface area contributed by atoms with Crippen LogP contribution in [-0.4, -0.2) is 45.8 Å². The number of nitrogen functional groups attached to an aromatic ring is 1. The summed E-state index contributed by atoms with van der Waals surface area (Å²) < 4.78 is 22.8. The summed E-state index contributed by atoms with van der Waals surface area (Å²) in [5.74, 6) is 0. The van der Waals surface area contributed by atoms with Crippen molar-refractivity contribution in [3.63, 3.8) is 0 Å². The first-order chi connectivity index (χ1) is 9.38. The molecule has 20 heavy (non-hydrogen) atoms. The zero-order chi connectivity index (χ0) is 15.2. The van der Waals surface area contributed by atoms with Gasteiger partial charge in [0.1, 0.15) is 0 Å². The lowest BCUT2D eigenvalue weighted by atomic mass is 10.2. The molecular formula is C14H25N3O2S. The van der Waals surface area contributed by atoms with Crippen molar-refractivity contribution >= 4 is 21.2 Å². The Labute approximate surface area is 122 Å². The maximum Gasteiger partial charge on any atom is 0.175 e. The van der Waals surface area contributed by atoms with Crippen molar-refractivity contribution in [2.45, 2.75) is 25.2 Å². The first kappa shape index (κ1) is 16.8. The van der Waals surface area contributed by atoms with Gasteiger partial charge in [0.15, 0.2) is 9.84 Å². The second kappa shape index (κ2) is 7.50. The monoisotopic (exact) mass is 299 g/mol. The van der Waals surface area contributed by atoms with E-state index in [1.54, 1.807) is 12.1 Å². The van der Waals surface area contributed by atoms with E-state index in [0.29, 0.717) is 5.69 Å². The van der Waals surface area contributed by atoms with Gasteiger partial charge in [0.05, 0.1) is 16.3 Å².